The predicted octanol–water partition coefficient (Wildman–Crippen LogP) is 3.71. The Morgan fingerprint density at radius 3 is 2.18 bits per heavy atom. The number of hydrogen-bond donors (Lipinski definition) is 0. The summed E-state index contributed by atoms with van der Waals surface area (Å²) in [5.41, 5.74) is 0. The molecule has 0 N–H and O–H groups in total. The zero-order valence-electron chi connectivity index (χ0n) is 8.65. The van der Waals surface area contributed by atoms with Gasteiger partial charge in [-0.15, -0.1) is 0 Å². The van der Waals surface area contributed by atoms with Crippen LogP contribution in [0.25, 0.3) is 0 Å². The second kappa shape index (κ2) is 2.84. The highest BCUT2D eigenvalue weighted by atomic mass is 14.4. The molecule has 0 radical (unpaired) electrons. The van der Waals surface area contributed by atoms with Crippen molar-refractivity contribution < 1.29 is 0 Å². The molecule has 0 saturated carbocycles. The van der Waals surface area contributed by atoms with Crippen LogP contribution in [0.2, 0.25) is 17.5 Å². The van der Waals surface area contributed by atoms with Crippen molar-refractivity contribution in [1.82, 2.24) is 0 Å². The van der Waals surface area contributed by atoms with E-state index in [1.165, 1.54) is 12.7 Å². The molecule has 1 heterocycles. The smallest absolute Gasteiger partial charge is 0.0709 e. The van der Waals surface area contributed by atoms with E-state index in [9.17, 15) is 0 Å². The van der Waals surface area contributed by atoms with E-state index in [-0.39, 0.29) is 0 Å². The minimum absolute atomic E-state index is 0.656. The first kappa shape index (κ1) is 9.16. The summed E-state index contributed by atoms with van der Waals surface area (Å²) in [7, 11) is 0. The lowest BCUT2D eigenvalue weighted by molar-refractivity contribution is 0.619. The van der Waals surface area contributed by atoms with Gasteiger partial charge in [-0.1, -0.05) is 64.4 Å². The van der Waals surface area contributed by atoms with E-state index < -0.39 is 0 Å². The van der Waals surface area contributed by atoms with Crippen LogP contribution >= 0.6 is 0 Å². The zero-order chi connectivity index (χ0) is 8.65. The molecular weight excluding hydrogens is 131 g/mol. The largest absolute Gasteiger partial charge is 0.148 e. The van der Waals surface area contributed by atoms with E-state index in [4.69, 9.17) is 0 Å². The van der Waals surface area contributed by atoms with Crippen LogP contribution in [-0.2, 0) is 0 Å². The summed E-state index contributed by atoms with van der Waals surface area (Å²) in [6.07, 6.45) is 2.80. The van der Waals surface area contributed by atoms with Crippen LogP contribution in [-0.4, -0.2) is 6.71 Å². The summed E-state index contributed by atoms with van der Waals surface area (Å²) in [6.45, 7) is 12.9. The molecule has 2 atom stereocenters. The number of rotatable bonds is 3. The van der Waals surface area contributed by atoms with Crippen LogP contribution in [0.4, 0.5) is 0 Å². The van der Waals surface area contributed by atoms with E-state index in [1.54, 1.807) is 0 Å². The fourth-order valence-electron chi connectivity index (χ4n) is 2.13. The second-order valence-corrected chi connectivity index (χ2v) is 4.97. The first-order valence-electron chi connectivity index (χ1n) is 5.00. The van der Waals surface area contributed by atoms with Gasteiger partial charge >= 0.3 is 0 Å². The Bertz CT molecular complexity index is 140. The van der Waals surface area contributed by atoms with Crippen LogP contribution in [0.15, 0.2) is 0 Å². The van der Waals surface area contributed by atoms with E-state index in [1.807, 2.05) is 0 Å². The van der Waals surface area contributed by atoms with Gasteiger partial charge in [-0.25, -0.2) is 0 Å². The minimum Gasteiger partial charge on any atom is -0.0709 e. The molecule has 0 aromatic rings. The average molecular weight is 152 g/mol. The molecule has 2 unspecified atom stereocenters. The van der Waals surface area contributed by atoms with Gasteiger partial charge in [0.2, 0.25) is 0 Å². The van der Waals surface area contributed by atoms with Gasteiger partial charge in [-0.05, 0) is 0 Å². The molecule has 0 amide bonds. The normalized spacial score (nSPS) is 30.3. The molecule has 0 aromatic heterocycles. The summed E-state index contributed by atoms with van der Waals surface area (Å²) in [5, 5.41) is 0.656. The maximum Gasteiger partial charge on any atom is 0.148 e. The van der Waals surface area contributed by atoms with Crippen molar-refractivity contribution in [3.8, 4) is 0 Å². The highest BCUT2D eigenvalue weighted by Crippen LogP contribution is 2.64. The lowest BCUT2D eigenvalue weighted by atomic mass is 9.55. The first-order chi connectivity index (χ1) is 5.00. The Morgan fingerprint density at radius 2 is 1.91 bits per heavy atom. The zero-order valence-corrected chi connectivity index (χ0v) is 8.65. The third-order valence-corrected chi connectivity index (χ3v) is 3.98. The fourth-order valence-corrected chi connectivity index (χ4v) is 2.13. The molecule has 0 aromatic carbocycles. The van der Waals surface area contributed by atoms with Crippen molar-refractivity contribution in [3.63, 3.8) is 0 Å². The Hall–Kier alpha value is 0.0649. The third kappa shape index (κ3) is 1.63. The summed E-state index contributed by atoms with van der Waals surface area (Å²) >= 11 is 0. The molecule has 0 aliphatic carbocycles. The molecule has 64 valence electrons. The Kier molecular flexibility index (Phi) is 2.36. The van der Waals surface area contributed by atoms with E-state index in [0.29, 0.717) is 5.31 Å². The SMILES string of the molecule is CCC(C)CB1C(C)C1(C)C. The molecule has 0 spiro atoms. The fraction of sp³-hybridized carbons (Fsp3) is 1.00. The summed E-state index contributed by atoms with van der Waals surface area (Å²) in [4.78, 5) is 0. The van der Waals surface area contributed by atoms with E-state index in [0.717, 1.165) is 18.4 Å². The highest BCUT2D eigenvalue weighted by Gasteiger charge is 2.56. The maximum atomic E-state index is 2.41. The molecule has 1 rings (SSSR count). The molecule has 0 bridgehead atoms. The lowest BCUT2D eigenvalue weighted by Gasteiger charge is -2.06. The van der Waals surface area contributed by atoms with Crippen molar-refractivity contribution in [3.05, 3.63) is 0 Å². The van der Waals surface area contributed by atoms with Gasteiger partial charge in [0.15, 0.2) is 0 Å². The van der Waals surface area contributed by atoms with Gasteiger partial charge in [0, 0.05) is 0 Å². The molecule has 1 saturated heterocycles. The number of hydrogen-bond acceptors (Lipinski definition) is 0. The van der Waals surface area contributed by atoms with Crippen molar-refractivity contribution in [2.24, 2.45) is 5.92 Å². The van der Waals surface area contributed by atoms with Gasteiger partial charge in [0.05, 0.1) is 0 Å². The van der Waals surface area contributed by atoms with Gasteiger partial charge in [0.1, 0.15) is 6.71 Å². The molecule has 1 fully saturated rings. The average Bonchev–Trinajstić information content (AvgIpc) is 2.39. The van der Waals surface area contributed by atoms with Crippen LogP contribution in [0.3, 0.4) is 0 Å². The highest BCUT2D eigenvalue weighted by molar-refractivity contribution is 6.76. The van der Waals surface area contributed by atoms with Crippen molar-refractivity contribution >= 4 is 6.71 Å². The molecule has 1 aliphatic heterocycles. The lowest BCUT2D eigenvalue weighted by Crippen LogP contribution is -2.02. The first-order valence-corrected chi connectivity index (χ1v) is 5.00. The molecular formula is C10H21B. The van der Waals surface area contributed by atoms with E-state index >= 15 is 0 Å². The maximum absolute atomic E-state index is 2.41. The van der Waals surface area contributed by atoms with Crippen molar-refractivity contribution in [1.29, 1.82) is 0 Å². The molecule has 1 heteroatoms. The van der Waals surface area contributed by atoms with Gasteiger partial charge in [-0.2, -0.15) is 0 Å². The van der Waals surface area contributed by atoms with Crippen molar-refractivity contribution in [2.45, 2.75) is 58.5 Å². The second-order valence-electron chi connectivity index (χ2n) is 4.97. The Balaban J connectivity index is 2.31. The van der Waals surface area contributed by atoms with Crippen LogP contribution < -0.4 is 0 Å². The topological polar surface area (TPSA) is 0 Å². The Labute approximate surface area is 71.8 Å². The van der Waals surface area contributed by atoms with Crippen LogP contribution in [0.5, 0.6) is 0 Å². The Morgan fingerprint density at radius 1 is 1.45 bits per heavy atom. The standard InChI is InChI=1S/C10H21B/c1-6-8(2)7-11-9(3)10(11,4)5/h8-9H,6-7H2,1-5H3. The van der Waals surface area contributed by atoms with Crippen molar-refractivity contribution in [2.75, 3.05) is 0 Å². The van der Waals surface area contributed by atoms with E-state index in [2.05, 4.69) is 34.6 Å². The van der Waals surface area contributed by atoms with Crippen LogP contribution in [0, 0.1) is 5.92 Å². The minimum atomic E-state index is 0.656. The molecule has 1 aliphatic rings. The predicted molar refractivity (Wildman–Crippen MR) is 53.5 cm³/mol. The third-order valence-electron chi connectivity index (χ3n) is 3.98. The van der Waals surface area contributed by atoms with Gasteiger partial charge in [0.25, 0.3) is 0 Å². The molecule has 0 nitrogen and oxygen atoms in total. The molecule has 11 heavy (non-hydrogen) atoms. The quantitative estimate of drug-likeness (QED) is 0.540. The summed E-state index contributed by atoms with van der Waals surface area (Å²) in [5.74, 6) is 1.90. The van der Waals surface area contributed by atoms with Gasteiger partial charge < -0.3 is 0 Å². The van der Waals surface area contributed by atoms with Gasteiger partial charge in [-0.3, -0.25) is 0 Å². The monoisotopic (exact) mass is 152 g/mol. The summed E-state index contributed by atoms with van der Waals surface area (Å²) in [6, 6.07) is 0. The van der Waals surface area contributed by atoms with Crippen LogP contribution in [0.1, 0.15) is 41.0 Å². The summed E-state index contributed by atoms with van der Waals surface area (Å²) < 4.78 is 0.